The van der Waals surface area contributed by atoms with Crippen molar-refractivity contribution < 1.29 is 9.90 Å². The molecule has 2 aliphatic rings. The predicted octanol–water partition coefficient (Wildman–Crippen LogP) is -0.326. The molecule has 0 radical (unpaired) electrons. The van der Waals surface area contributed by atoms with Gasteiger partial charge in [-0.05, 0) is 18.1 Å². The minimum atomic E-state index is -0.288. The average molecular weight is 220 g/mol. The Morgan fingerprint density at radius 2 is 2.12 bits per heavy atom. The first-order chi connectivity index (χ1) is 7.72. The van der Waals surface area contributed by atoms with E-state index < -0.39 is 0 Å². The fraction of sp³-hybridized carbons (Fsp3) is 0.455. The van der Waals surface area contributed by atoms with Crippen LogP contribution in [0.3, 0.4) is 0 Å². The molecule has 0 saturated carbocycles. The van der Waals surface area contributed by atoms with Gasteiger partial charge in [0.05, 0.1) is 19.2 Å². The number of aryl methyl sites for hydroxylation is 1. The summed E-state index contributed by atoms with van der Waals surface area (Å²) in [6.45, 7) is 0.307. The van der Waals surface area contributed by atoms with Crippen LogP contribution >= 0.6 is 0 Å². The maximum Gasteiger partial charge on any atom is 0.252 e. The predicted molar refractivity (Wildman–Crippen MR) is 57.5 cm³/mol. The molecule has 0 fully saturated rings. The lowest BCUT2D eigenvalue weighted by atomic mass is 10.1. The standard InChI is InChI=1S/C11H12N2O3/c14-6-8-5-12-9(15)3-1-7-2-4-10(16)13(8)11(7)12/h2,4,8,14H,1,3,5-6H2. The fourth-order valence-electron chi connectivity index (χ4n) is 2.55. The Morgan fingerprint density at radius 3 is 2.88 bits per heavy atom. The highest BCUT2D eigenvalue weighted by Crippen LogP contribution is 2.34. The first kappa shape index (κ1) is 9.59. The third kappa shape index (κ3) is 1.09. The van der Waals surface area contributed by atoms with Gasteiger partial charge < -0.3 is 5.11 Å². The molecule has 0 aromatic carbocycles. The SMILES string of the molecule is O=C1CCc2ccc(=O)n3c2N1CC3CO. The average Bonchev–Trinajstić information content (AvgIpc) is 2.68. The van der Waals surface area contributed by atoms with Gasteiger partial charge in [-0.25, -0.2) is 0 Å². The number of amides is 1. The van der Waals surface area contributed by atoms with Gasteiger partial charge in [0.25, 0.3) is 5.56 Å². The Bertz CT molecular complexity index is 520. The topological polar surface area (TPSA) is 62.5 Å². The third-order valence-electron chi connectivity index (χ3n) is 3.31. The molecule has 1 unspecified atom stereocenters. The Morgan fingerprint density at radius 1 is 1.31 bits per heavy atom. The van der Waals surface area contributed by atoms with Crippen molar-refractivity contribution in [3.8, 4) is 0 Å². The molecule has 1 N–H and O–H groups in total. The van der Waals surface area contributed by atoms with E-state index in [1.165, 1.54) is 6.07 Å². The van der Waals surface area contributed by atoms with Crippen molar-refractivity contribution >= 4 is 11.7 Å². The second-order valence-electron chi connectivity index (χ2n) is 4.23. The van der Waals surface area contributed by atoms with Crippen LogP contribution in [0.15, 0.2) is 16.9 Å². The van der Waals surface area contributed by atoms with Crippen LogP contribution in [0.5, 0.6) is 0 Å². The van der Waals surface area contributed by atoms with E-state index in [9.17, 15) is 14.7 Å². The highest BCUT2D eigenvalue weighted by atomic mass is 16.3. The van der Waals surface area contributed by atoms with E-state index in [0.717, 1.165) is 5.56 Å². The number of rotatable bonds is 1. The summed E-state index contributed by atoms with van der Waals surface area (Å²) in [6, 6.07) is 3.01. The van der Waals surface area contributed by atoms with Crippen LogP contribution in [-0.2, 0) is 11.2 Å². The van der Waals surface area contributed by atoms with E-state index in [4.69, 9.17) is 0 Å². The zero-order valence-corrected chi connectivity index (χ0v) is 8.72. The molecule has 3 heterocycles. The lowest BCUT2D eigenvalue weighted by molar-refractivity contribution is -0.118. The highest BCUT2D eigenvalue weighted by Gasteiger charge is 2.36. The number of anilines is 1. The fourth-order valence-corrected chi connectivity index (χ4v) is 2.55. The minimum absolute atomic E-state index is 0.0443. The number of aliphatic hydroxyl groups is 1. The number of aliphatic hydroxyl groups excluding tert-OH is 1. The van der Waals surface area contributed by atoms with Crippen molar-refractivity contribution in [3.63, 3.8) is 0 Å². The molecule has 16 heavy (non-hydrogen) atoms. The van der Waals surface area contributed by atoms with Crippen LogP contribution in [0.4, 0.5) is 5.82 Å². The van der Waals surface area contributed by atoms with Gasteiger partial charge in [-0.15, -0.1) is 0 Å². The van der Waals surface area contributed by atoms with E-state index >= 15 is 0 Å². The number of nitrogens with zero attached hydrogens (tertiary/aromatic N) is 2. The van der Waals surface area contributed by atoms with Crippen LogP contribution < -0.4 is 10.5 Å². The maximum absolute atomic E-state index is 11.7. The summed E-state index contributed by atoms with van der Waals surface area (Å²) < 4.78 is 1.55. The molecule has 0 saturated heterocycles. The number of hydrogen-bond acceptors (Lipinski definition) is 3. The largest absolute Gasteiger partial charge is 0.394 e. The number of hydrogen-bond donors (Lipinski definition) is 1. The summed E-state index contributed by atoms with van der Waals surface area (Å²) in [5, 5.41) is 9.25. The third-order valence-corrected chi connectivity index (χ3v) is 3.31. The van der Waals surface area contributed by atoms with Crippen molar-refractivity contribution in [3.05, 3.63) is 28.0 Å². The quantitative estimate of drug-likeness (QED) is 0.705. The van der Waals surface area contributed by atoms with Gasteiger partial charge in [0, 0.05) is 12.5 Å². The Balaban J connectivity index is 2.27. The summed E-state index contributed by atoms with van der Waals surface area (Å²) in [4.78, 5) is 25.1. The molecule has 1 amide bonds. The molecule has 0 bridgehead atoms. The molecular weight excluding hydrogens is 208 g/mol. The number of pyridine rings is 1. The van der Waals surface area contributed by atoms with E-state index in [1.807, 2.05) is 0 Å². The second kappa shape index (κ2) is 3.18. The molecule has 5 nitrogen and oxygen atoms in total. The van der Waals surface area contributed by atoms with Gasteiger partial charge in [0.15, 0.2) is 0 Å². The normalized spacial score (nSPS) is 22.4. The van der Waals surface area contributed by atoms with E-state index in [1.54, 1.807) is 15.5 Å². The molecule has 3 rings (SSSR count). The number of aromatic nitrogens is 1. The first-order valence-corrected chi connectivity index (χ1v) is 5.38. The Kier molecular flexibility index (Phi) is 1.91. The van der Waals surface area contributed by atoms with Crippen molar-refractivity contribution in [1.82, 2.24) is 4.57 Å². The van der Waals surface area contributed by atoms with Crippen molar-refractivity contribution in [2.75, 3.05) is 18.1 Å². The number of carbonyl (C=O) groups is 1. The molecule has 5 heteroatoms. The summed E-state index contributed by atoms with van der Waals surface area (Å²) in [5.41, 5.74) is 0.880. The summed E-state index contributed by atoms with van der Waals surface area (Å²) >= 11 is 0. The maximum atomic E-state index is 11.7. The Hall–Kier alpha value is -1.62. The molecule has 0 spiro atoms. The smallest absolute Gasteiger partial charge is 0.252 e. The van der Waals surface area contributed by atoms with Crippen molar-refractivity contribution in [1.29, 1.82) is 0 Å². The van der Waals surface area contributed by atoms with Crippen molar-refractivity contribution in [2.24, 2.45) is 0 Å². The van der Waals surface area contributed by atoms with E-state index in [-0.39, 0.29) is 24.1 Å². The molecule has 1 aromatic rings. The van der Waals surface area contributed by atoms with Crippen LogP contribution in [0.1, 0.15) is 18.0 Å². The number of carbonyl (C=O) groups excluding carboxylic acids is 1. The highest BCUT2D eigenvalue weighted by molar-refractivity contribution is 5.96. The van der Waals surface area contributed by atoms with Crippen LogP contribution in [-0.4, -0.2) is 28.7 Å². The van der Waals surface area contributed by atoms with Gasteiger partial charge in [0.1, 0.15) is 5.82 Å². The van der Waals surface area contributed by atoms with Gasteiger partial charge >= 0.3 is 0 Å². The van der Waals surface area contributed by atoms with Crippen molar-refractivity contribution in [2.45, 2.75) is 18.9 Å². The molecule has 2 aliphatic heterocycles. The Labute approximate surface area is 91.9 Å². The molecule has 1 aromatic heterocycles. The lowest BCUT2D eigenvalue weighted by Crippen LogP contribution is -2.34. The zero-order chi connectivity index (χ0) is 11.3. The van der Waals surface area contributed by atoms with E-state index in [0.29, 0.717) is 25.2 Å². The van der Waals surface area contributed by atoms with Crippen LogP contribution in [0, 0.1) is 0 Å². The van der Waals surface area contributed by atoms with Crippen LogP contribution in [0.25, 0.3) is 0 Å². The molecule has 0 aliphatic carbocycles. The molecule has 84 valence electrons. The van der Waals surface area contributed by atoms with Crippen LogP contribution in [0.2, 0.25) is 0 Å². The van der Waals surface area contributed by atoms with Gasteiger partial charge in [0.2, 0.25) is 5.91 Å². The van der Waals surface area contributed by atoms with E-state index in [2.05, 4.69) is 0 Å². The summed E-state index contributed by atoms with van der Waals surface area (Å²) in [7, 11) is 0. The zero-order valence-electron chi connectivity index (χ0n) is 8.72. The summed E-state index contributed by atoms with van der Waals surface area (Å²) in [5.74, 6) is 0.741. The second-order valence-corrected chi connectivity index (χ2v) is 4.23. The van der Waals surface area contributed by atoms with Gasteiger partial charge in [-0.3, -0.25) is 19.1 Å². The van der Waals surface area contributed by atoms with Gasteiger partial charge in [-0.2, -0.15) is 0 Å². The molecular formula is C11H12N2O3. The summed E-state index contributed by atoms with van der Waals surface area (Å²) in [6.07, 6.45) is 1.17. The minimum Gasteiger partial charge on any atom is -0.394 e. The monoisotopic (exact) mass is 220 g/mol. The van der Waals surface area contributed by atoms with Gasteiger partial charge in [-0.1, -0.05) is 0 Å². The first-order valence-electron chi connectivity index (χ1n) is 5.38. The lowest BCUT2D eigenvalue weighted by Gasteiger charge is -2.23. The molecule has 1 atom stereocenters.